The number of nitrogens with zero attached hydrogens (tertiary/aromatic N) is 2. The first-order valence-electron chi connectivity index (χ1n) is 8.37. The van der Waals surface area contributed by atoms with Crippen molar-refractivity contribution in [3.05, 3.63) is 24.3 Å². The highest BCUT2D eigenvalue weighted by Gasteiger charge is 2.34. The molecule has 2 N–H and O–H groups in total. The number of fused-ring (bicyclic) bond motifs is 1. The number of benzene rings is 1. The number of hydrogen-bond acceptors (Lipinski definition) is 3. The Hall–Kier alpha value is -1.22. The van der Waals surface area contributed by atoms with E-state index in [0.717, 1.165) is 31.5 Å². The van der Waals surface area contributed by atoms with E-state index in [1.807, 2.05) is 0 Å². The molecule has 21 heavy (non-hydrogen) atoms. The molecule has 0 amide bonds. The fraction of sp³-hybridized carbons (Fsp3) is 0.667. The lowest BCUT2D eigenvalue weighted by Gasteiger charge is -2.44. The van der Waals surface area contributed by atoms with Crippen LogP contribution in [0.1, 0.15) is 26.7 Å². The van der Waals surface area contributed by atoms with Crippen molar-refractivity contribution in [1.29, 1.82) is 0 Å². The van der Waals surface area contributed by atoms with Gasteiger partial charge in [0.1, 0.15) is 0 Å². The quantitative estimate of drug-likeness (QED) is 0.907. The van der Waals surface area contributed by atoms with Crippen molar-refractivity contribution < 1.29 is 0 Å². The molecule has 116 valence electrons. The summed E-state index contributed by atoms with van der Waals surface area (Å²) in [4.78, 5) is 4.92. The van der Waals surface area contributed by atoms with E-state index < -0.39 is 0 Å². The predicted octanol–water partition coefficient (Wildman–Crippen LogP) is 2.95. The Balaban J connectivity index is 1.78. The summed E-state index contributed by atoms with van der Waals surface area (Å²) in [6, 6.07) is 9.13. The van der Waals surface area contributed by atoms with Crippen LogP contribution in [0.15, 0.2) is 24.3 Å². The van der Waals surface area contributed by atoms with E-state index in [4.69, 9.17) is 5.73 Å². The van der Waals surface area contributed by atoms with Crippen molar-refractivity contribution in [2.24, 2.45) is 23.5 Å². The standard InChI is InChI=1S/C18H29N3/c1-13-10-14(2)15(16(19)11-13)12-21-9-8-20(3)17-6-4-5-7-18(17)21/h4-7,13-16H,8-12,19H2,1-3H3. The maximum atomic E-state index is 6.49. The molecule has 0 bridgehead atoms. The minimum absolute atomic E-state index is 0.357. The van der Waals surface area contributed by atoms with Crippen LogP contribution in [0, 0.1) is 17.8 Å². The molecule has 1 fully saturated rings. The summed E-state index contributed by atoms with van der Waals surface area (Å²) in [5.74, 6) is 2.14. The number of rotatable bonds is 2. The zero-order chi connectivity index (χ0) is 15.0. The lowest BCUT2D eigenvalue weighted by molar-refractivity contribution is 0.177. The van der Waals surface area contributed by atoms with Gasteiger partial charge in [-0.05, 0) is 42.7 Å². The topological polar surface area (TPSA) is 32.5 Å². The molecule has 2 aliphatic rings. The summed E-state index contributed by atoms with van der Waals surface area (Å²) in [5, 5.41) is 0. The first kappa shape index (κ1) is 14.7. The number of nitrogens with two attached hydrogens (primary N) is 1. The number of anilines is 2. The molecule has 0 spiro atoms. The largest absolute Gasteiger partial charge is 0.371 e. The molecule has 1 aliphatic carbocycles. The van der Waals surface area contributed by atoms with Gasteiger partial charge in [-0.2, -0.15) is 0 Å². The van der Waals surface area contributed by atoms with Crippen LogP contribution in [0.3, 0.4) is 0 Å². The third kappa shape index (κ3) is 2.89. The lowest BCUT2D eigenvalue weighted by atomic mass is 9.72. The van der Waals surface area contributed by atoms with E-state index in [2.05, 4.69) is 55.0 Å². The minimum Gasteiger partial charge on any atom is -0.371 e. The van der Waals surface area contributed by atoms with Gasteiger partial charge in [0.25, 0.3) is 0 Å². The van der Waals surface area contributed by atoms with Crippen LogP contribution in [-0.2, 0) is 0 Å². The van der Waals surface area contributed by atoms with E-state index in [0.29, 0.717) is 12.0 Å². The summed E-state index contributed by atoms with van der Waals surface area (Å²) in [6.07, 6.45) is 2.51. The normalized spacial score (nSPS) is 33.0. The van der Waals surface area contributed by atoms with Crippen LogP contribution in [0.2, 0.25) is 0 Å². The van der Waals surface area contributed by atoms with Gasteiger partial charge in [0, 0.05) is 32.7 Å². The Morgan fingerprint density at radius 1 is 1.10 bits per heavy atom. The van der Waals surface area contributed by atoms with E-state index in [1.54, 1.807) is 0 Å². The molecule has 3 heteroatoms. The third-order valence-corrected chi connectivity index (χ3v) is 5.50. The van der Waals surface area contributed by atoms with Crippen molar-refractivity contribution in [3.8, 4) is 0 Å². The van der Waals surface area contributed by atoms with Gasteiger partial charge >= 0.3 is 0 Å². The first-order chi connectivity index (χ1) is 10.1. The molecular formula is C18H29N3. The smallest absolute Gasteiger partial charge is 0.0604 e. The van der Waals surface area contributed by atoms with Gasteiger partial charge < -0.3 is 15.5 Å². The first-order valence-corrected chi connectivity index (χ1v) is 8.37. The molecule has 4 unspecified atom stereocenters. The third-order valence-electron chi connectivity index (χ3n) is 5.50. The van der Waals surface area contributed by atoms with Gasteiger partial charge in [0.2, 0.25) is 0 Å². The summed E-state index contributed by atoms with van der Waals surface area (Å²) < 4.78 is 0. The lowest BCUT2D eigenvalue weighted by Crippen LogP contribution is -2.49. The van der Waals surface area contributed by atoms with Gasteiger partial charge in [-0.25, -0.2) is 0 Å². The minimum atomic E-state index is 0.357. The average molecular weight is 287 g/mol. The zero-order valence-electron chi connectivity index (χ0n) is 13.6. The predicted molar refractivity (Wildman–Crippen MR) is 91.0 cm³/mol. The Kier molecular flexibility index (Phi) is 4.12. The Labute approximate surface area is 129 Å². The molecule has 3 rings (SSSR count). The second-order valence-electron chi connectivity index (χ2n) is 7.24. The molecule has 1 aliphatic heterocycles. The maximum Gasteiger partial charge on any atom is 0.0604 e. The molecule has 0 aromatic heterocycles. The maximum absolute atomic E-state index is 6.49. The Bertz CT molecular complexity index is 475. The molecular weight excluding hydrogens is 258 g/mol. The van der Waals surface area contributed by atoms with Crippen molar-refractivity contribution in [2.75, 3.05) is 36.5 Å². The van der Waals surface area contributed by atoms with Gasteiger partial charge in [-0.1, -0.05) is 26.0 Å². The van der Waals surface area contributed by atoms with Crippen LogP contribution >= 0.6 is 0 Å². The molecule has 4 atom stereocenters. The number of likely N-dealkylation sites (N-methyl/N-ethyl adjacent to an activating group) is 1. The highest BCUT2D eigenvalue weighted by Crippen LogP contribution is 2.37. The summed E-state index contributed by atoms with van der Waals surface area (Å²) >= 11 is 0. The van der Waals surface area contributed by atoms with Crippen LogP contribution in [0.4, 0.5) is 11.4 Å². The molecule has 1 aromatic carbocycles. The molecule has 0 saturated heterocycles. The van der Waals surface area contributed by atoms with E-state index in [-0.39, 0.29) is 0 Å². The second-order valence-corrected chi connectivity index (χ2v) is 7.24. The van der Waals surface area contributed by atoms with Crippen molar-refractivity contribution >= 4 is 11.4 Å². The van der Waals surface area contributed by atoms with Crippen molar-refractivity contribution in [3.63, 3.8) is 0 Å². The molecule has 3 nitrogen and oxygen atoms in total. The van der Waals surface area contributed by atoms with E-state index in [9.17, 15) is 0 Å². The summed E-state index contributed by atoms with van der Waals surface area (Å²) in [6.45, 7) is 8.06. The van der Waals surface area contributed by atoms with E-state index in [1.165, 1.54) is 24.2 Å². The highest BCUT2D eigenvalue weighted by atomic mass is 15.3. The number of hydrogen-bond donors (Lipinski definition) is 1. The molecule has 1 heterocycles. The van der Waals surface area contributed by atoms with Crippen LogP contribution in [0.25, 0.3) is 0 Å². The van der Waals surface area contributed by atoms with Gasteiger partial charge in [-0.3, -0.25) is 0 Å². The average Bonchev–Trinajstić information content (AvgIpc) is 2.45. The van der Waals surface area contributed by atoms with Crippen LogP contribution in [-0.4, -0.2) is 32.7 Å². The summed E-state index contributed by atoms with van der Waals surface area (Å²) in [5.41, 5.74) is 9.22. The summed E-state index contributed by atoms with van der Waals surface area (Å²) in [7, 11) is 2.19. The SMILES string of the molecule is CC1CC(C)C(CN2CCN(C)c3ccccc32)C(N)C1. The fourth-order valence-corrected chi connectivity index (χ4v) is 4.29. The molecule has 1 aromatic rings. The zero-order valence-corrected chi connectivity index (χ0v) is 13.6. The Morgan fingerprint density at radius 2 is 1.81 bits per heavy atom. The molecule has 0 radical (unpaired) electrons. The van der Waals surface area contributed by atoms with Gasteiger partial charge in [0.05, 0.1) is 11.4 Å². The second kappa shape index (κ2) is 5.88. The van der Waals surface area contributed by atoms with Gasteiger partial charge in [-0.15, -0.1) is 0 Å². The fourth-order valence-electron chi connectivity index (χ4n) is 4.29. The molecule has 1 saturated carbocycles. The van der Waals surface area contributed by atoms with Crippen molar-refractivity contribution in [1.82, 2.24) is 0 Å². The van der Waals surface area contributed by atoms with Crippen LogP contribution < -0.4 is 15.5 Å². The highest BCUT2D eigenvalue weighted by molar-refractivity contribution is 5.73. The van der Waals surface area contributed by atoms with Crippen molar-refractivity contribution in [2.45, 2.75) is 32.7 Å². The Morgan fingerprint density at radius 3 is 2.52 bits per heavy atom. The van der Waals surface area contributed by atoms with Crippen LogP contribution in [0.5, 0.6) is 0 Å². The van der Waals surface area contributed by atoms with Gasteiger partial charge in [0.15, 0.2) is 0 Å². The number of para-hydroxylation sites is 2. The monoisotopic (exact) mass is 287 g/mol. The van der Waals surface area contributed by atoms with E-state index >= 15 is 0 Å².